The topological polar surface area (TPSA) is 91.7 Å². The van der Waals surface area contributed by atoms with E-state index < -0.39 is 43.0 Å². The summed E-state index contributed by atoms with van der Waals surface area (Å²) in [7, 11) is -9.22. The number of nitrogens with zero attached hydrogens (tertiary/aromatic N) is 1. The van der Waals surface area contributed by atoms with Crippen LogP contribution in [0.5, 0.6) is 0 Å². The smallest absolute Gasteiger partial charge is 0.273 e. The summed E-state index contributed by atoms with van der Waals surface area (Å²) >= 11 is 0. The summed E-state index contributed by atoms with van der Waals surface area (Å²) in [5.74, 6) is 0.209. The highest BCUT2D eigenvalue weighted by molar-refractivity contribution is 7.90. The number of hydrogen-bond acceptors (Lipinski definition) is 4. The first-order valence-electron chi connectivity index (χ1n) is 7.91. The fraction of sp³-hybridized carbons (Fsp3) is 1.00. The lowest BCUT2D eigenvalue weighted by molar-refractivity contribution is 0.0824. The fourth-order valence-corrected chi connectivity index (χ4v) is 7.83. The van der Waals surface area contributed by atoms with E-state index in [2.05, 4.69) is 0 Å². The van der Waals surface area contributed by atoms with Crippen LogP contribution < -0.4 is 0 Å². The van der Waals surface area contributed by atoms with E-state index in [0.29, 0.717) is 12.8 Å². The average molecular weight is 373 g/mol. The molecule has 0 aromatic heterocycles. The first-order chi connectivity index (χ1) is 10.7. The summed E-state index contributed by atoms with van der Waals surface area (Å²) in [4.78, 5) is 0. The Morgan fingerprint density at radius 2 is 1.43 bits per heavy atom. The molecule has 3 aliphatic rings. The Bertz CT molecular complexity index is 656. The van der Waals surface area contributed by atoms with Crippen LogP contribution >= 0.6 is 0 Å². The second-order valence-electron chi connectivity index (χ2n) is 6.74. The zero-order valence-electron chi connectivity index (χ0n) is 12.5. The van der Waals surface area contributed by atoms with Crippen LogP contribution in [0.15, 0.2) is 0 Å². The first kappa shape index (κ1) is 17.5. The fourth-order valence-electron chi connectivity index (χ4n) is 4.29. The molecule has 1 aliphatic heterocycles. The van der Waals surface area contributed by atoms with Gasteiger partial charge in [0.1, 0.15) is 17.6 Å². The Balaban J connectivity index is 1.84. The van der Waals surface area contributed by atoms with E-state index in [1.165, 1.54) is 4.31 Å². The van der Waals surface area contributed by atoms with Crippen molar-refractivity contribution in [3.63, 3.8) is 0 Å². The highest BCUT2D eigenvalue weighted by Crippen LogP contribution is 2.43. The predicted molar refractivity (Wildman–Crippen MR) is 79.5 cm³/mol. The van der Waals surface area contributed by atoms with Gasteiger partial charge in [0.2, 0.25) is 10.0 Å². The highest BCUT2D eigenvalue weighted by Gasteiger charge is 2.65. The molecule has 2 aliphatic carbocycles. The van der Waals surface area contributed by atoms with Crippen molar-refractivity contribution in [2.75, 3.05) is 6.54 Å². The summed E-state index contributed by atoms with van der Waals surface area (Å²) in [6, 6.07) is -0.244. The summed E-state index contributed by atoms with van der Waals surface area (Å²) in [5, 5.41) is -4.33. The van der Waals surface area contributed by atoms with Crippen molar-refractivity contribution < 1.29 is 30.2 Å². The molecule has 0 aromatic carbocycles. The number of alkyl halides is 2. The molecule has 3 fully saturated rings. The molecule has 10 heteroatoms. The van der Waals surface area contributed by atoms with Gasteiger partial charge < -0.3 is 0 Å². The molecule has 1 saturated heterocycles. The van der Waals surface area contributed by atoms with Gasteiger partial charge in [0, 0.05) is 12.6 Å². The number of fused-ring (bicyclic) bond motifs is 1. The molecule has 0 radical (unpaired) electrons. The van der Waals surface area contributed by atoms with Crippen LogP contribution in [0.2, 0.25) is 0 Å². The van der Waals surface area contributed by atoms with E-state index >= 15 is 0 Å². The van der Waals surface area contributed by atoms with Crippen molar-refractivity contribution in [2.24, 2.45) is 5.92 Å². The van der Waals surface area contributed by atoms with Crippen LogP contribution in [0.3, 0.4) is 0 Å². The Labute approximate surface area is 135 Å². The maximum Gasteiger partial charge on any atom is 0.273 e. The molecule has 3 rings (SSSR count). The van der Waals surface area contributed by atoms with Gasteiger partial charge in [0.25, 0.3) is 10.1 Å². The number of rotatable bonds is 3. The molecule has 0 bridgehead atoms. The van der Waals surface area contributed by atoms with Gasteiger partial charge in [-0.2, -0.15) is 12.7 Å². The van der Waals surface area contributed by atoms with Crippen molar-refractivity contribution in [1.82, 2.24) is 4.31 Å². The maximum atomic E-state index is 14.1. The molecule has 4 atom stereocenters. The molecule has 0 aromatic rings. The lowest BCUT2D eigenvalue weighted by Crippen LogP contribution is -2.69. The van der Waals surface area contributed by atoms with Crippen LogP contribution in [0.1, 0.15) is 38.5 Å². The Kier molecular flexibility index (Phi) is 4.48. The molecule has 2 saturated carbocycles. The van der Waals surface area contributed by atoms with Crippen LogP contribution in [0, 0.1) is 5.92 Å². The van der Waals surface area contributed by atoms with Crippen LogP contribution in [0.25, 0.3) is 0 Å². The van der Waals surface area contributed by atoms with Gasteiger partial charge in [-0.15, -0.1) is 0 Å². The van der Waals surface area contributed by atoms with Crippen molar-refractivity contribution in [1.29, 1.82) is 0 Å². The van der Waals surface area contributed by atoms with E-state index in [1.54, 1.807) is 0 Å². The summed E-state index contributed by atoms with van der Waals surface area (Å²) in [6.07, 6.45) is 0.169. The first-order valence-corrected chi connectivity index (χ1v) is 10.9. The van der Waals surface area contributed by atoms with Gasteiger partial charge in [-0.3, -0.25) is 4.55 Å². The van der Waals surface area contributed by atoms with E-state index in [0.717, 1.165) is 25.7 Å². The lowest BCUT2D eigenvalue weighted by Gasteiger charge is -2.48. The Morgan fingerprint density at radius 3 is 2.04 bits per heavy atom. The minimum atomic E-state index is -4.94. The van der Waals surface area contributed by atoms with Crippen LogP contribution in [0.4, 0.5) is 8.78 Å². The van der Waals surface area contributed by atoms with Crippen molar-refractivity contribution in [3.05, 3.63) is 0 Å². The quantitative estimate of drug-likeness (QED) is 0.753. The van der Waals surface area contributed by atoms with Gasteiger partial charge in [0.05, 0.1) is 0 Å². The zero-order valence-corrected chi connectivity index (χ0v) is 14.1. The van der Waals surface area contributed by atoms with E-state index in [-0.39, 0.29) is 18.5 Å². The summed E-state index contributed by atoms with van der Waals surface area (Å²) in [5.41, 5.74) is 0. The van der Waals surface area contributed by atoms with Crippen LogP contribution in [-0.2, 0) is 20.1 Å². The molecule has 1 heterocycles. The van der Waals surface area contributed by atoms with Gasteiger partial charge in [0.15, 0.2) is 5.25 Å². The monoisotopic (exact) mass is 373 g/mol. The molecule has 134 valence electrons. The third kappa shape index (κ3) is 2.81. The van der Waals surface area contributed by atoms with Crippen LogP contribution in [-0.4, -0.2) is 61.1 Å². The average Bonchev–Trinajstić information content (AvgIpc) is 2.44. The highest BCUT2D eigenvalue weighted by atomic mass is 32.2. The summed E-state index contributed by atoms with van der Waals surface area (Å²) in [6.45, 7) is 0.218. The van der Waals surface area contributed by atoms with E-state index in [4.69, 9.17) is 4.55 Å². The Morgan fingerprint density at radius 1 is 0.870 bits per heavy atom. The molecule has 6 nitrogen and oxygen atoms in total. The molecular formula is C13H21F2NO5S2. The van der Waals surface area contributed by atoms with Gasteiger partial charge in [-0.25, -0.2) is 17.2 Å². The Hall–Kier alpha value is -0.320. The SMILES string of the molecule is O=S(=O)(O)C1C(F)C(S(=O)(=O)N2CCCC3CCCCC32)C1F. The zero-order chi connectivity index (χ0) is 17.0. The summed E-state index contributed by atoms with van der Waals surface area (Å²) < 4.78 is 85.5. The lowest BCUT2D eigenvalue weighted by atomic mass is 9.79. The number of hydrogen-bond donors (Lipinski definition) is 1. The number of halogens is 2. The van der Waals surface area contributed by atoms with E-state index in [9.17, 15) is 25.6 Å². The van der Waals surface area contributed by atoms with Crippen molar-refractivity contribution in [3.8, 4) is 0 Å². The maximum absolute atomic E-state index is 14.1. The number of piperidine rings is 1. The minimum Gasteiger partial charge on any atom is -0.285 e. The van der Waals surface area contributed by atoms with E-state index in [1.807, 2.05) is 0 Å². The van der Waals surface area contributed by atoms with Gasteiger partial charge in [-0.05, 0) is 31.6 Å². The predicted octanol–water partition coefficient (Wildman–Crippen LogP) is 1.29. The molecule has 0 spiro atoms. The van der Waals surface area contributed by atoms with Gasteiger partial charge >= 0.3 is 0 Å². The van der Waals surface area contributed by atoms with Crippen molar-refractivity contribution >= 4 is 20.1 Å². The largest absolute Gasteiger partial charge is 0.285 e. The third-order valence-corrected chi connectivity index (χ3v) is 8.99. The molecule has 23 heavy (non-hydrogen) atoms. The molecule has 0 amide bonds. The molecular weight excluding hydrogens is 352 g/mol. The number of sulfonamides is 1. The third-order valence-electron chi connectivity index (χ3n) is 5.46. The minimum absolute atomic E-state index is 0.209. The normalized spacial score (nSPS) is 42.7. The molecule has 1 N–H and O–H groups in total. The van der Waals surface area contributed by atoms with Crippen molar-refractivity contribution in [2.45, 2.75) is 67.4 Å². The second kappa shape index (κ2) is 5.89. The van der Waals surface area contributed by atoms with Gasteiger partial charge in [-0.1, -0.05) is 12.8 Å². The second-order valence-corrected chi connectivity index (χ2v) is 10.4. The standard InChI is InChI=1S/C13H21F2NO5S2/c14-10-12(11(15)13(10)23(19,20)21)22(17,18)16-7-3-5-8-4-1-2-6-9(8)16/h8-13H,1-7H2,(H,19,20,21). The molecule has 4 unspecified atom stereocenters.